The summed E-state index contributed by atoms with van der Waals surface area (Å²) in [4.78, 5) is 11.9. The minimum atomic E-state index is -0.357. The molecule has 0 fully saturated rings. The van der Waals surface area contributed by atoms with Gasteiger partial charge in [0.2, 0.25) is 0 Å². The van der Waals surface area contributed by atoms with Gasteiger partial charge in [-0.05, 0) is 29.8 Å². The minimum Gasteiger partial charge on any atom is -0.483 e. The van der Waals surface area contributed by atoms with E-state index in [0.29, 0.717) is 15.8 Å². The molecule has 0 aliphatic heterocycles. The third-order valence-corrected chi connectivity index (χ3v) is 4.04. The molecule has 0 bridgehead atoms. The monoisotopic (exact) mass is 372 g/mol. The molecule has 0 spiro atoms. The Morgan fingerprint density at radius 1 is 1.00 bits per heavy atom. The first kappa shape index (κ1) is 17.3. The van der Waals surface area contributed by atoms with Gasteiger partial charge in [0, 0.05) is 20.8 Å². The van der Waals surface area contributed by atoms with Crippen LogP contribution >= 0.6 is 23.2 Å². The topological polar surface area (TPSA) is 50.7 Å². The van der Waals surface area contributed by atoms with E-state index in [4.69, 9.17) is 27.9 Å². The van der Waals surface area contributed by atoms with E-state index < -0.39 is 0 Å². The molecule has 6 heteroatoms. The molecule has 0 aliphatic carbocycles. The Balaban J connectivity index is 1.59. The van der Waals surface area contributed by atoms with Crippen molar-refractivity contribution < 1.29 is 9.53 Å². The number of fused-ring (bicyclic) bond motifs is 1. The van der Waals surface area contributed by atoms with Gasteiger partial charge in [-0.1, -0.05) is 59.6 Å². The maximum atomic E-state index is 11.9. The third-order valence-electron chi connectivity index (χ3n) is 3.46. The summed E-state index contributed by atoms with van der Waals surface area (Å²) in [5, 5.41) is 6.91. The summed E-state index contributed by atoms with van der Waals surface area (Å²) < 4.78 is 5.59. The SMILES string of the molecule is O=C(COc1ccc(Cl)c2ccccc12)N/N=C\c1ccc(Cl)cc1. The van der Waals surface area contributed by atoms with Crippen LogP contribution in [0.25, 0.3) is 10.8 Å². The van der Waals surface area contributed by atoms with E-state index in [9.17, 15) is 4.79 Å². The van der Waals surface area contributed by atoms with Crippen LogP contribution in [-0.4, -0.2) is 18.7 Å². The molecule has 3 aromatic carbocycles. The van der Waals surface area contributed by atoms with Gasteiger partial charge in [0.15, 0.2) is 6.61 Å². The molecule has 3 aromatic rings. The first-order chi connectivity index (χ1) is 12.1. The second kappa shape index (κ2) is 8.01. The molecule has 1 amide bonds. The Bertz CT molecular complexity index is 924. The number of hydrazone groups is 1. The number of halogens is 2. The van der Waals surface area contributed by atoms with Gasteiger partial charge >= 0.3 is 0 Å². The van der Waals surface area contributed by atoms with Crippen molar-refractivity contribution in [3.63, 3.8) is 0 Å². The molecule has 0 atom stereocenters. The van der Waals surface area contributed by atoms with Crippen molar-refractivity contribution in [1.29, 1.82) is 0 Å². The van der Waals surface area contributed by atoms with Crippen molar-refractivity contribution in [3.05, 3.63) is 76.3 Å². The minimum absolute atomic E-state index is 0.149. The summed E-state index contributed by atoms with van der Waals surface area (Å²) >= 11 is 12.0. The van der Waals surface area contributed by atoms with E-state index in [1.54, 1.807) is 36.4 Å². The lowest BCUT2D eigenvalue weighted by Crippen LogP contribution is -2.24. The first-order valence-electron chi connectivity index (χ1n) is 7.51. The number of hydrogen-bond donors (Lipinski definition) is 1. The van der Waals surface area contributed by atoms with Gasteiger partial charge < -0.3 is 4.74 Å². The lowest BCUT2D eigenvalue weighted by molar-refractivity contribution is -0.123. The number of amides is 1. The first-order valence-corrected chi connectivity index (χ1v) is 8.26. The Kier molecular flexibility index (Phi) is 5.53. The van der Waals surface area contributed by atoms with Crippen molar-refractivity contribution >= 4 is 46.1 Å². The van der Waals surface area contributed by atoms with Crippen LogP contribution in [-0.2, 0) is 4.79 Å². The average molecular weight is 373 g/mol. The second-order valence-electron chi connectivity index (χ2n) is 5.22. The highest BCUT2D eigenvalue weighted by atomic mass is 35.5. The molecule has 4 nitrogen and oxygen atoms in total. The second-order valence-corrected chi connectivity index (χ2v) is 6.07. The predicted molar refractivity (Wildman–Crippen MR) is 102 cm³/mol. The standard InChI is InChI=1S/C19H14Cl2N2O2/c20-14-7-5-13(6-8-14)11-22-23-19(24)12-25-18-10-9-17(21)15-3-1-2-4-16(15)18/h1-11H,12H2,(H,23,24)/b22-11-. The van der Waals surface area contributed by atoms with Gasteiger partial charge in [0.25, 0.3) is 5.91 Å². The number of rotatable bonds is 5. The van der Waals surface area contributed by atoms with Crippen LogP contribution in [0.1, 0.15) is 5.56 Å². The van der Waals surface area contributed by atoms with E-state index in [1.807, 2.05) is 24.3 Å². The lowest BCUT2D eigenvalue weighted by Gasteiger charge is -2.09. The molecule has 0 aromatic heterocycles. The summed E-state index contributed by atoms with van der Waals surface area (Å²) in [7, 11) is 0. The normalized spacial score (nSPS) is 11.0. The van der Waals surface area contributed by atoms with E-state index in [0.717, 1.165) is 16.3 Å². The van der Waals surface area contributed by atoms with Gasteiger partial charge in [0.05, 0.1) is 6.21 Å². The van der Waals surface area contributed by atoms with Crippen LogP contribution in [0.2, 0.25) is 10.0 Å². The van der Waals surface area contributed by atoms with Crippen molar-refractivity contribution in [2.75, 3.05) is 6.61 Å². The van der Waals surface area contributed by atoms with Crippen molar-refractivity contribution in [1.82, 2.24) is 5.43 Å². The quantitative estimate of drug-likeness (QED) is 0.522. The number of benzene rings is 3. The summed E-state index contributed by atoms with van der Waals surface area (Å²) in [6, 6.07) is 18.2. The molecule has 0 unspecified atom stereocenters. The predicted octanol–water partition coefficient (Wildman–Crippen LogP) is 4.68. The fourth-order valence-electron chi connectivity index (χ4n) is 2.26. The van der Waals surface area contributed by atoms with Gasteiger partial charge in [-0.25, -0.2) is 5.43 Å². The van der Waals surface area contributed by atoms with Gasteiger partial charge in [-0.2, -0.15) is 5.10 Å². The van der Waals surface area contributed by atoms with E-state index in [2.05, 4.69) is 10.5 Å². The highest BCUT2D eigenvalue weighted by Crippen LogP contribution is 2.31. The fourth-order valence-corrected chi connectivity index (χ4v) is 2.62. The maximum absolute atomic E-state index is 11.9. The number of carbonyl (C=O) groups is 1. The van der Waals surface area contributed by atoms with E-state index in [1.165, 1.54) is 6.21 Å². The van der Waals surface area contributed by atoms with Crippen molar-refractivity contribution in [2.45, 2.75) is 0 Å². The van der Waals surface area contributed by atoms with Crippen molar-refractivity contribution in [2.24, 2.45) is 5.10 Å². The molecule has 0 aliphatic rings. The number of hydrogen-bond acceptors (Lipinski definition) is 3. The summed E-state index contributed by atoms with van der Waals surface area (Å²) in [6.07, 6.45) is 1.53. The van der Waals surface area contributed by atoms with Crippen LogP contribution in [0.15, 0.2) is 65.8 Å². The number of nitrogens with one attached hydrogen (secondary N) is 1. The number of carbonyl (C=O) groups excluding carboxylic acids is 1. The molecule has 1 N–H and O–H groups in total. The van der Waals surface area contributed by atoms with E-state index >= 15 is 0 Å². The highest BCUT2D eigenvalue weighted by molar-refractivity contribution is 6.35. The Labute approximate surface area is 155 Å². The fraction of sp³-hybridized carbons (Fsp3) is 0.0526. The third kappa shape index (κ3) is 4.50. The van der Waals surface area contributed by atoms with Crippen LogP contribution < -0.4 is 10.2 Å². The molecular weight excluding hydrogens is 359 g/mol. The zero-order chi connectivity index (χ0) is 17.6. The molecule has 0 saturated carbocycles. The number of ether oxygens (including phenoxy) is 1. The summed E-state index contributed by atoms with van der Waals surface area (Å²) in [5.74, 6) is 0.237. The van der Waals surface area contributed by atoms with Crippen LogP contribution in [0.3, 0.4) is 0 Å². The molecule has 126 valence electrons. The highest BCUT2D eigenvalue weighted by Gasteiger charge is 2.07. The smallest absolute Gasteiger partial charge is 0.277 e. The Hall–Kier alpha value is -2.56. The summed E-state index contributed by atoms with van der Waals surface area (Å²) in [6.45, 7) is -0.149. The number of nitrogens with zero attached hydrogens (tertiary/aromatic N) is 1. The maximum Gasteiger partial charge on any atom is 0.277 e. The zero-order valence-electron chi connectivity index (χ0n) is 13.1. The average Bonchev–Trinajstić information content (AvgIpc) is 2.63. The molecule has 0 radical (unpaired) electrons. The van der Waals surface area contributed by atoms with Crippen LogP contribution in [0, 0.1) is 0 Å². The van der Waals surface area contributed by atoms with Gasteiger partial charge in [0.1, 0.15) is 5.75 Å². The van der Waals surface area contributed by atoms with Crippen molar-refractivity contribution in [3.8, 4) is 5.75 Å². The molecule has 25 heavy (non-hydrogen) atoms. The van der Waals surface area contributed by atoms with Crippen LogP contribution in [0.4, 0.5) is 0 Å². The largest absolute Gasteiger partial charge is 0.483 e. The molecular formula is C19H14Cl2N2O2. The Morgan fingerprint density at radius 2 is 1.72 bits per heavy atom. The van der Waals surface area contributed by atoms with Crippen LogP contribution in [0.5, 0.6) is 5.75 Å². The molecule has 3 rings (SSSR count). The lowest BCUT2D eigenvalue weighted by atomic mass is 10.1. The molecule has 0 heterocycles. The Morgan fingerprint density at radius 3 is 2.48 bits per heavy atom. The molecule has 0 saturated heterocycles. The van der Waals surface area contributed by atoms with Gasteiger partial charge in [-0.15, -0.1) is 0 Å². The summed E-state index contributed by atoms with van der Waals surface area (Å²) in [5.41, 5.74) is 3.25. The van der Waals surface area contributed by atoms with E-state index in [-0.39, 0.29) is 12.5 Å². The van der Waals surface area contributed by atoms with Gasteiger partial charge in [-0.3, -0.25) is 4.79 Å². The zero-order valence-corrected chi connectivity index (χ0v) is 14.6.